The first kappa shape index (κ1) is 16.7. The van der Waals surface area contributed by atoms with Crippen LogP contribution >= 0.6 is 0 Å². The third kappa shape index (κ3) is 3.48. The second-order valence-electron chi connectivity index (χ2n) is 6.02. The third-order valence-electron chi connectivity index (χ3n) is 4.10. The maximum Gasteiger partial charge on any atom is 0.277 e. The Morgan fingerprint density at radius 3 is 2.63 bits per heavy atom. The van der Waals surface area contributed by atoms with Crippen molar-refractivity contribution in [3.63, 3.8) is 0 Å². The lowest BCUT2D eigenvalue weighted by Crippen LogP contribution is -2.28. The van der Waals surface area contributed by atoms with Crippen LogP contribution in [-0.4, -0.2) is 20.1 Å². The van der Waals surface area contributed by atoms with E-state index in [1.54, 1.807) is 18.3 Å². The molecule has 0 radical (unpaired) electrons. The zero-order valence-corrected chi connectivity index (χ0v) is 14.2. The highest BCUT2D eigenvalue weighted by molar-refractivity contribution is 5.90. The molecule has 4 rings (SSSR count). The Morgan fingerprint density at radius 2 is 1.85 bits per heavy atom. The second kappa shape index (κ2) is 6.87. The number of carbonyl (C=O) groups is 1. The lowest BCUT2D eigenvalue weighted by Gasteiger charge is -2.07. The van der Waals surface area contributed by atoms with Crippen LogP contribution in [0.4, 0.5) is 10.1 Å². The lowest BCUT2D eigenvalue weighted by molar-refractivity contribution is -0.116. The van der Waals surface area contributed by atoms with Gasteiger partial charge in [-0.2, -0.15) is 5.10 Å². The van der Waals surface area contributed by atoms with Crippen molar-refractivity contribution in [1.82, 2.24) is 14.2 Å². The molecule has 0 saturated carbocycles. The number of aromatic nitrogens is 3. The molecule has 0 spiro atoms. The van der Waals surface area contributed by atoms with Crippen LogP contribution in [0.5, 0.6) is 0 Å². The summed E-state index contributed by atoms with van der Waals surface area (Å²) in [4.78, 5) is 24.9. The number of nitrogens with zero attached hydrogens (tertiary/aromatic N) is 3. The number of fused-ring (bicyclic) bond motifs is 1. The topological polar surface area (TPSA) is 68.4 Å². The van der Waals surface area contributed by atoms with Crippen LogP contribution in [-0.2, 0) is 11.3 Å². The summed E-state index contributed by atoms with van der Waals surface area (Å²) in [7, 11) is 0. The van der Waals surface area contributed by atoms with Gasteiger partial charge in [0.25, 0.3) is 5.56 Å². The maximum atomic E-state index is 13.2. The van der Waals surface area contributed by atoms with Gasteiger partial charge in [0.05, 0.1) is 5.69 Å². The van der Waals surface area contributed by atoms with Crippen LogP contribution < -0.4 is 10.9 Å². The molecule has 1 amide bonds. The van der Waals surface area contributed by atoms with E-state index in [1.165, 1.54) is 33.5 Å². The smallest absolute Gasteiger partial charge is 0.277 e. The summed E-state index contributed by atoms with van der Waals surface area (Å²) >= 11 is 0. The van der Waals surface area contributed by atoms with E-state index in [4.69, 9.17) is 0 Å². The number of nitrogens with one attached hydrogen (secondary N) is 1. The summed E-state index contributed by atoms with van der Waals surface area (Å²) in [5.74, 6) is -0.867. The average molecular weight is 362 g/mol. The number of hydrogen-bond acceptors (Lipinski definition) is 3. The van der Waals surface area contributed by atoms with Gasteiger partial charge in [-0.3, -0.25) is 9.59 Å². The zero-order valence-electron chi connectivity index (χ0n) is 14.2. The summed E-state index contributed by atoms with van der Waals surface area (Å²) < 4.78 is 16.0. The van der Waals surface area contributed by atoms with E-state index in [0.717, 1.165) is 5.56 Å². The van der Waals surface area contributed by atoms with Crippen molar-refractivity contribution in [1.29, 1.82) is 0 Å². The Bertz CT molecular complexity index is 1180. The molecule has 1 N–H and O–H groups in total. The largest absolute Gasteiger partial charge is 0.324 e. The molecule has 0 atom stereocenters. The molecule has 27 heavy (non-hydrogen) atoms. The van der Waals surface area contributed by atoms with E-state index in [-0.39, 0.29) is 12.1 Å². The van der Waals surface area contributed by atoms with E-state index >= 15 is 0 Å². The molecule has 2 aromatic heterocycles. The van der Waals surface area contributed by atoms with Gasteiger partial charge in [-0.25, -0.2) is 8.91 Å². The van der Waals surface area contributed by atoms with Crippen molar-refractivity contribution in [3.8, 4) is 11.3 Å². The Hall–Kier alpha value is -3.74. The van der Waals surface area contributed by atoms with E-state index in [1.807, 2.05) is 30.3 Å². The van der Waals surface area contributed by atoms with Crippen molar-refractivity contribution in [2.75, 3.05) is 5.32 Å². The molecule has 0 saturated heterocycles. The van der Waals surface area contributed by atoms with Crippen molar-refractivity contribution in [2.45, 2.75) is 6.54 Å². The number of hydrogen-bond donors (Lipinski definition) is 1. The van der Waals surface area contributed by atoms with Gasteiger partial charge in [0.1, 0.15) is 17.9 Å². The van der Waals surface area contributed by atoms with Gasteiger partial charge in [0, 0.05) is 23.6 Å². The summed E-state index contributed by atoms with van der Waals surface area (Å²) in [6.07, 6.45) is 3.13. The summed E-state index contributed by atoms with van der Waals surface area (Å²) in [6, 6.07) is 16.8. The molecular weight excluding hydrogens is 347 g/mol. The van der Waals surface area contributed by atoms with Gasteiger partial charge >= 0.3 is 0 Å². The molecule has 2 heterocycles. The molecule has 0 aliphatic carbocycles. The molecular formula is C20H15FN4O2. The molecule has 2 aromatic carbocycles. The number of anilines is 1. The number of rotatable bonds is 4. The zero-order chi connectivity index (χ0) is 18.8. The molecule has 6 nitrogen and oxygen atoms in total. The number of carbonyl (C=O) groups excluding carboxylic acids is 1. The maximum absolute atomic E-state index is 13.2. The van der Waals surface area contributed by atoms with Crippen LogP contribution in [0.3, 0.4) is 0 Å². The Labute approximate surface area is 153 Å². The van der Waals surface area contributed by atoms with Crippen LogP contribution in [0, 0.1) is 5.82 Å². The van der Waals surface area contributed by atoms with E-state index in [0.29, 0.717) is 16.9 Å². The fraction of sp³-hybridized carbons (Fsp3) is 0.0500. The fourth-order valence-corrected chi connectivity index (χ4v) is 2.82. The lowest BCUT2D eigenvalue weighted by atomic mass is 10.1. The van der Waals surface area contributed by atoms with Gasteiger partial charge in [-0.1, -0.05) is 36.4 Å². The second-order valence-corrected chi connectivity index (χ2v) is 6.02. The highest BCUT2D eigenvalue weighted by Gasteiger charge is 2.11. The standard InChI is InChI=1S/C20H15FN4O2/c21-15-7-4-8-16(11-15)22-19(26)13-24-9-10-25-18(20(24)27)12-17(23-25)14-5-2-1-3-6-14/h1-12H,13H2,(H,22,26). The average Bonchev–Trinajstić information content (AvgIpc) is 3.10. The molecule has 0 bridgehead atoms. The van der Waals surface area contributed by atoms with Gasteiger partial charge in [0.2, 0.25) is 5.91 Å². The SMILES string of the molecule is O=C(Cn1ccn2nc(-c3ccccc3)cc2c1=O)Nc1cccc(F)c1. The van der Waals surface area contributed by atoms with Crippen molar-refractivity contribution < 1.29 is 9.18 Å². The van der Waals surface area contributed by atoms with Gasteiger partial charge < -0.3 is 9.88 Å². The minimum absolute atomic E-state index is 0.183. The first-order valence-corrected chi connectivity index (χ1v) is 8.30. The number of amides is 1. The molecule has 7 heteroatoms. The van der Waals surface area contributed by atoms with Crippen LogP contribution in [0.1, 0.15) is 0 Å². The molecule has 4 aromatic rings. The summed E-state index contributed by atoms with van der Waals surface area (Å²) in [5, 5.41) is 6.98. The molecule has 0 unspecified atom stereocenters. The van der Waals surface area contributed by atoms with Crippen LogP contribution in [0.2, 0.25) is 0 Å². The monoisotopic (exact) mass is 362 g/mol. The van der Waals surface area contributed by atoms with Crippen molar-refractivity contribution >= 4 is 17.1 Å². The third-order valence-corrected chi connectivity index (χ3v) is 4.10. The first-order chi connectivity index (χ1) is 13.1. The highest BCUT2D eigenvalue weighted by atomic mass is 19.1. The van der Waals surface area contributed by atoms with Crippen LogP contribution in [0.15, 0.2) is 77.9 Å². The van der Waals surface area contributed by atoms with Gasteiger partial charge in [0.15, 0.2) is 0 Å². The Balaban J connectivity index is 1.60. The Kier molecular flexibility index (Phi) is 4.25. The normalized spacial score (nSPS) is 10.9. The predicted octanol–water partition coefficient (Wildman–Crippen LogP) is 2.94. The Morgan fingerprint density at radius 1 is 1.04 bits per heavy atom. The minimum atomic E-state index is -0.445. The van der Waals surface area contributed by atoms with E-state index in [2.05, 4.69) is 10.4 Å². The molecule has 0 aliphatic rings. The van der Waals surface area contributed by atoms with Crippen molar-refractivity contribution in [2.24, 2.45) is 0 Å². The van der Waals surface area contributed by atoms with E-state index in [9.17, 15) is 14.0 Å². The molecule has 0 fully saturated rings. The quantitative estimate of drug-likeness (QED) is 0.607. The minimum Gasteiger partial charge on any atom is -0.324 e. The van der Waals surface area contributed by atoms with E-state index < -0.39 is 11.7 Å². The predicted molar refractivity (Wildman–Crippen MR) is 99.9 cm³/mol. The van der Waals surface area contributed by atoms with Gasteiger partial charge in [-0.05, 0) is 24.3 Å². The fourth-order valence-electron chi connectivity index (χ4n) is 2.82. The molecule has 0 aliphatic heterocycles. The number of halogens is 1. The van der Waals surface area contributed by atoms with Gasteiger partial charge in [-0.15, -0.1) is 0 Å². The molecule has 134 valence electrons. The number of benzene rings is 2. The highest BCUT2D eigenvalue weighted by Crippen LogP contribution is 2.17. The first-order valence-electron chi connectivity index (χ1n) is 8.30. The van der Waals surface area contributed by atoms with Crippen molar-refractivity contribution in [3.05, 3.63) is 89.2 Å². The summed E-state index contributed by atoms with van der Waals surface area (Å²) in [6.45, 7) is -0.183. The van der Waals surface area contributed by atoms with Crippen LogP contribution in [0.25, 0.3) is 16.8 Å². The summed E-state index contributed by atoms with van der Waals surface area (Å²) in [5.41, 5.74) is 1.95.